The fourth-order valence-corrected chi connectivity index (χ4v) is 4.30. The number of aryl methyl sites for hydroxylation is 1. The molecule has 6 nitrogen and oxygen atoms in total. The van der Waals surface area contributed by atoms with Gasteiger partial charge in [0.15, 0.2) is 15.6 Å². The third kappa shape index (κ3) is 4.20. The molecular weight excluding hydrogens is 376 g/mol. The molecule has 0 aliphatic rings. The van der Waals surface area contributed by atoms with Crippen LogP contribution in [0.5, 0.6) is 0 Å². The molecule has 0 saturated heterocycles. The standard InChI is InChI=1S/C21H18N2O4S/c1-15-6-5-7-16(12-15)13-28(24,25)14-18-10-11-19(26-18)21-22-20(23-27-21)17-8-3-2-4-9-17/h2-12H,13-14H2,1H3. The number of rotatable bonds is 6. The number of sulfone groups is 1. The van der Waals surface area contributed by atoms with Crippen molar-refractivity contribution in [2.75, 3.05) is 0 Å². The van der Waals surface area contributed by atoms with Crippen LogP contribution < -0.4 is 0 Å². The molecule has 2 heterocycles. The molecule has 0 aliphatic carbocycles. The Morgan fingerprint density at radius 3 is 2.54 bits per heavy atom. The fourth-order valence-electron chi connectivity index (χ4n) is 2.92. The molecule has 4 aromatic rings. The van der Waals surface area contributed by atoms with Crippen LogP contribution >= 0.6 is 0 Å². The molecule has 28 heavy (non-hydrogen) atoms. The maximum absolute atomic E-state index is 12.5. The Morgan fingerprint density at radius 1 is 0.929 bits per heavy atom. The van der Waals surface area contributed by atoms with E-state index in [1.807, 2.05) is 61.5 Å². The summed E-state index contributed by atoms with van der Waals surface area (Å²) < 4.78 is 35.9. The maximum Gasteiger partial charge on any atom is 0.293 e. The van der Waals surface area contributed by atoms with Gasteiger partial charge in [-0.2, -0.15) is 4.98 Å². The van der Waals surface area contributed by atoms with Crippen molar-refractivity contribution in [3.63, 3.8) is 0 Å². The van der Waals surface area contributed by atoms with E-state index < -0.39 is 9.84 Å². The van der Waals surface area contributed by atoms with E-state index in [1.165, 1.54) is 0 Å². The molecule has 2 aromatic carbocycles. The van der Waals surface area contributed by atoms with Gasteiger partial charge in [0.05, 0.1) is 5.75 Å². The third-order valence-corrected chi connectivity index (χ3v) is 5.66. The van der Waals surface area contributed by atoms with Gasteiger partial charge in [0.2, 0.25) is 5.82 Å². The summed E-state index contributed by atoms with van der Waals surface area (Å²) in [5, 5.41) is 3.95. The van der Waals surface area contributed by atoms with Gasteiger partial charge < -0.3 is 8.94 Å². The highest BCUT2D eigenvalue weighted by Gasteiger charge is 2.19. The first-order chi connectivity index (χ1) is 13.5. The summed E-state index contributed by atoms with van der Waals surface area (Å²) in [4.78, 5) is 4.32. The molecule has 0 fully saturated rings. The van der Waals surface area contributed by atoms with E-state index in [0.717, 1.165) is 16.7 Å². The van der Waals surface area contributed by atoms with E-state index in [9.17, 15) is 8.42 Å². The zero-order valence-electron chi connectivity index (χ0n) is 15.2. The highest BCUT2D eigenvalue weighted by molar-refractivity contribution is 7.89. The second-order valence-electron chi connectivity index (χ2n) is 6.58. The monoisotopic (exact) mass is 394 g/mol. The van der Waals surface area contributed by atoms with E-state index in [1.54, 1.807) is 12.1 Å². The Kier molecular flexibility index (Phi) is 4.83. The second-order valence-corrected chi connectivity index (χ2v) is 8.64. The lowest BCUT2D eigenvalue weighted by atomic mass is 10.2. The Bertz CT molecular complexity index is 1190. The molecule has 2 aromatic heterocycles. The van der Waals surface area contributed by atoms with Gasteiger partial charge in [0.1, 0.15) is 11.5 Å². The van der Waals surface area contributed by atoms with Crippen LogP contribution in [0.1, 0.15) is 16.9 Å². The quantitative estimate of drug-likeness (QED) is 0.481. The lowest BCUT2D eigenvalue weighted by Crippen LogP contribution is -2.07. The van der Waals surface area contributed by atoms with Gasteiger partial charge in [-0.05, 0) is 24.6 Å². The number of benzene rings is 2. The molecule has 142 valence electrons. The minimum Gasteiger partial charge on any atom is -0.455 e. The second kappa shape index (κ2) is 7.44. The Hall–Kier alpha value is -3.19. The molecule has 0 radical (unpaired) electrons. The first kappa shape index (κ1) is 18.2. The highest BCUT2D eigenvalue weighted by Crippen LogP contribution is 2.25. The average Bonchev–Trinajstić information content (AvgIpc) is 3.31. The number of aromatic nitrogens is 2. The van der Waals surface area contributed by atoms with Gasteiger partial charge in [0, 0.05) is 5.56 Å². The minimum atomic E-state index is -3.37. The van der Waals surface area contributed by atoms with Crippen molar-refractivity contribution in [1.29, 1.82) is 0 Å². The van der Waals surface area contributed by atoms with E-state index >= 15 is 0 Å². The predicted molar refractivity (Wildman–Crippen MR) is 105 cm³/mol. The van der Waals surface area contributed by atoms with Gasteiger partial charge in [-0.25, -0.2) is 8.42 Å². The first-order valence-corrected chi connectivity index (χ1v) is 10.5. The topological polar surface area (TPSA) is 86.2 Å². The van der Waals surface area contributed by atoms with Gasteiger partial charge in [-0.3, -0.25) is 0 Å². The van der Waals surface area contributed by atoms with Crippen LogP contribution in [-0.4, -0.2) is 18.6 Å². The van der Waals surface area contributed by atoms with Gasteiger partial charge in [-0.15, -0.1) is 0 Å². The molecular formula is C21H18N2O4S. The summed E-state index contributed by atoms with van der Waals surface area (Å²) in [7, 11) is -3.37. The van der Waals surface area contributed by atoms with E-state index in [0.29, 0.717) is 17.3 Å². The van der Waals surface area contributed by atoms with Crippen molar-refractivity contribution in [3.05, 3.63) is 83.6 Å². The molecule has 0 bridgehead atoms. The van der Waals surface area contributed by atoms with Crippen molar-refractivity contribution in [2.45, 2.75) is 18.4 Å². The van der Waals surface area contributed by atoms with Crippen LogP contribution in [0, 0.1) is 6.92 Å². The van der Waals surface area contributed by atoms with Crippen LogP contribution in [0.25, 0.3) is 23.0 Å². The van der Waals surface area contributed by atoms with Crippen LogP contribution in [0.4, 0.5) is 0 Å². The molecule has 0 saturated carbocycles. The summed E-state index contributed by atoms with van der Waals surface area (Å²) in [6.07, 6.45) is 0. The zero-order chi connectivity index (χ0) is 19.6. The highest BCUT2D eigenvalue weighted by atomic mass is 32.2. The van der Waals surface area contributed by atoms with E-state index in [4.69, 9.17) is 8.94 Å². The third-order valence-electron chi connectivity index (χ3n) is 4.16. The smallest absolute Gasteiger partial charge is 0.293 e. The predicted octanol–water partition coefficient (Wildman–Crippen LogP) is 4.42. The zero-order valence-corrected chi connectivity index (χ0v) is 16.0. The fraction of sp³-hybridized carbons (Fsp3) is 0.143. The normalized spacial score (nSPS) is 11.6. The number of hydrogen-bond donors (Lipinski definition) is 0. The molecule has 0 aliphatic heterocycles. The van der Waals surface area contributed by atoms with Crippen molar-refractivity contribution in [1.82, 2.24) is 10.1 Å². The Balaban J connectivity index is 1.49. The summed E-state index contributed by atoms with van der Waals surface area (Å²) in [5.74, 6) is 1.10. The summed E-state index contributed by atoms with van der Waals surface area (Å²) >= 11 is 0. The van der Waals surface area contributed by atoms with Crippen LogP contribution in [0.15, 0.2) is 75.7 Å². The van der Waals surface area contributed by atoms with Crippen molar-refractivity contribution < 1.29 is 17.4 Å². The number of nitrogens with zero attached hydrogens (tertiary/aromatic N) is 2. The van der Waals surface area contributed by atoms with Gasteiger partial charge in [0.25, 0.3) is 5.89 Å². The molecule has 0 atom stereocenters. The van der Waals surface area contributed by atoms with E-state index in [2.05, 4.69) is 10.1 Å². The summed E-state index contributed by atoms with van der Waals surface area (Å²) in [5.41, 5.74) is 2.61. The lowest BCUT2D eigenvalue weighted by molar-refractivity contribution is 0.413. The van der Waals surface area contributed by atoms with Crippen LogP contribution in [0.3, 0.4) is 0 Å². The molecule has 7 heteroatoms. The maximum atomic E-state index is 12.5. The Labute approximate surface area is 162 Å². The average molecular weight is 394 g/mol. The SMILES string of the molecule is Cc1cccc(CS(=O)(=O)Cc2ccc(-c3nc(-c4ccccc4)no3)o2)c1. The number of hydrogen-bond acceptors (Lipinski definition) is 6. The van der Waals surface area contributed by atoms with Crippen molar-refractivity contribution in [3.8, 4) is 23.0 Å². The molecule has 4 rings (SSSR count). The van der Waals surface area contributed by atoms with E-state index in [-0.39, 0.29) is 17.4 Å². The van der Waals surface area contributed by atoms with Crippen LogP contribution in [-0.2, 0) is 21.3 Å². The Morgan fingerprint density at radius 2 is 1.75 bits per heavy atom. The summed E-state index contributed by atoms with van der Waals surface area (Å²) in [6.45, 7) is 1.93. The molecule has 0 unspecified atom stereocenters. The summed E-state index contributed by atoms with van der Waals surface area (Å²) in [6, 6.07) is 20.1. The van der Waals surface area contributed by atoms with Crippen molar-refractivity contribution >= 4 is 9.84 Å². The van der Waals surface area contributed by atoms with Crippen LogP contribution in [0.2, 0.25) is 0 Å². The first-order valence-electron chi connectivity index (χ1n) is 8.73. The van der Waals surface area contributed by atoms with Crippen molar-refractivity contribution in [2.24, 2.45) is 0 Å². The van der Waals surface area contributed by atoms with Gasteiger partial charge >= 0.3 is 0 Å². The molecule has 0 spiro atoms. The lowest BCUT2D eigenvalue weighted by Gasteiger charge is -2.04. The number of furan rings is 1. The molecule has 0 amide bonds. The largest absolute Gasteiger partial charge is 0.455 e. The molecule has 0 N–H and O–H groups in total. The minimum absolute atomic E-state index is 0.0383. The van der Waals surface area contributed by atoms with Gasteiger partial charge in [-0.1, -0.05) is 65.3 Å².